The molecule has 3 N–H and O–H groups in total. The summed E-state index contributed by atoms with van der Waals surface area (Å²) in [5, 5.41) is 0. The number of nitrogens with zero attached hydrogens (tertiary/aromatic N) is 1. The van der Waals surface area contributed by atoms with Crippen LogP contribution in [0.15, 0.2) is 24.5 Å². The summed E-state index contributed by atoms with van der Waals surface area (Å²) in [5.74, 6) is 6.60. The maximum atomic E-state index is 5.67. The van der Waals surface area contributed by atoms with E-state index in [1.807, 2.05) is 18.5 Å². The Morgan fingerprint density at radius 1 is 1.33 bits per heavy atom. The van der Waals surface area contributed by atoms with Crippen molar-refractivity contribution in [3.8, 4) is 0 Å². The molecule has 1 atom stereocenters. The molecule has 1 aromatic heterocycles. The summed E-state index contributed by atoms with van der Waals surface area (Å²) >= 11 is 0. The van der Waals surface area contributed by atoms with Crippen molar-refractivity contribution >= 4 is 0 Å². The first-order valence-electron chi connectivity index (χ1n) is 7.23. The number of pyridine rings is 1. The van der Waals surface area contributed by atoms with Crippen LogP contribution in [0.4, 0.5) is 0 Å². The van der Waals surface area contributed by atoms with Crippen LogP contribution >= 0.6 is 0 Å². The first-order valence-corrected chi connectivity index (χ1v) is 7.23. The summed E-state index contributed by atoms with van der Waals surface area (Å²) in [6.07, 6.45) is 14.4. The van der Waals surface area contributed by atoms with Gasteiger partial charge in [-0.15, -0.1) is 0 Å². The highest BCUT2D eigenvalue weighted by molar-refractivity contribution is 5.10. The Labute approximate surface area is 110 Å². The van der Waals surface area contributed by atoms with E-state index in [0.717, 1.165) is 12.3 Å². The molecule has 0 spiro atoms. The minimum absolute atomic E-state index is 0.385. The van der Waals surface area contributed by atoms with Gasteiger partial charge < -0.3 is 0 Å². The molecule has 1 aromatic rings. The molecule has 3 heteroatoms. The number of aromatic nitrogens is 1. The Balaban J connectivity index is 1.75. The molecule has 0 radical (unpaired) electrons. The highest BCUT2D eigenvalue weighted by Gasteiger charge is 2.16. The first kappa shape index (κ1) is 13.5. The number of hydrazine groups is 1. The fourth-order valence-corrected chi connectivity index (χ4v) is 2.96. The SMILES string of the molecule is NNC(CCC1CCCCC1)Cc1cccnc1. The van der Waals surface area contributed by atoms with Crippen molar-refractivity contribution in [1.82, 2.24) is 10.4 Å². The lowest BCUT2D eigenvalue weighted by atomic mass is 9.85. The molecule has 1 fully saturated rings. The molecule has 0 saturated heterocycles. The lowest BCUT2D eigenvalue weighted by molar-refractivity contribution is 0.313. The molecular weight excluding hydrogens is 222 g/mol. The van der Waals surface area contributed by atoms with Gasteiger partial charge in [-0.25, -0.2) is 0 Å². The van der Waals surface area contributed by atoms with E-state index in [9.17, 15) is 0 Å². The van der Waals surface area contributed by atoms with E-state index in [1.165, 1.54) is 50.5 Å². The molecule has 1 aliphatic rings. The van der Waals surface area contributed by atoms with Crippen molar-refractivity contribution in [3.05, 3.63) is 30.1 Å². The summed E-state index contributed by atoms with van der Waals surface area (Å²) in [6, 6.07) is 4.50. The Morgan fingerprint density at radius 3 is 2.83 bits per heavy atom. The molecule has 0 aromatic carbocycles. The molecule has 1 saturated carbocycles. The van der Waals surface area contributed by atoms with E-state index in [0.29, 0.717) is 6.04 Å². The van der Waals surface area contributed by atoms with E-state index in [2.05, 4.69) is 16.5 Å². The van der Waals surface area contributed by atoms with Gasteiger partial charge in [0.15, 0.2) is 0 Å². The molecule has 0 aliphatic heterocycles. The van der Waals surface area contributed by atoms with Gasteiger partial charge in [0.1, 0.15) is 0 Å². The average Bonchev–Trinajstić information content (AvgIpc) is 2.45. The highest BCUT2D eigenvalue weighted by Crippen LogP contribution is 2.27. The van der Waals surface area contributed by atoms with Gasteiger partial charge >= 0.3 is 0 Å². The molecule has 100 valence electrons. The number of hydrogen-bond acceptors (Lipinski definition) is 3. The molecule has 1 aliphatic carbocycles. The third-order valence-corrected chi connectivity index (χ3v) is 4.09. The molecular formula is C15H25N3. The lowest BCUT2D eigenvalue weighted by Gasteiger charge is -2.24. The number of nitrogens with one attached hydrogen (secondary N) is 1. The molecule has 2 rings (SSSR count). The van der Waals surface area contributed by atoms with Gasteiger partial charge in [0.25, 0.3) is 0 Å². The fraction of sp³-hybridized carbons (Fsp3) is 0.667. The van der Waals surface area contributed by atoms with E-state index in [4.69, 9.17) is 5.84 Å². The van der Waals surface area contributed by atoms with Gasteiger partial charge in [0.05, 0.1) is 0 Å². The average molecular weight is 247 g/mol. The topological polar surface area (TPSA) is 50.9 Å². The van der Waals surface area contributed by atoms with Crippen LogP contribution in [0.2, 0.25) is 0 Å². The standard InChI is InChI=1S/C15H25N3/c16-18-15(11-14-7-4-10-17-12-14)9-8-13-5-2-1-3-6-13/h4,7,10,12-13,15,18H,1-3,5-6,8-9,11,16H2. The number of rotatable bonds is 6. The maximum absolute atomic E-state index is 5.67. The normalized spacial score (nSPS) is 18.7. The number of hydrogen-bond donors (Lipinski definition) is 2. The Morgan fingerprint density at radius 2 is 2.17 bits per heavy atom. The minimum Gasteiger partial charge on any atom is -0.271 e. The molecule has 3 nitrogen and oxygen atoms in total. The Kier molecular flexibility index (Phi) is 5.62. The summed E-state index contributed by atoms with van der Waals surface area (Å²) < 4.78 is 0. The Bertz CT molecular complexity index is 320. The van der Waals surface area contributed by atoms with Gasteiger partial charge in [-0.05, 0) is 36.8 Å². The zero-order chi connectivity index (χ0) is 12.6. The van der Waals surface area contributed by atoms with E-state index >= 15 is 0 Å². The van der Waals surface area contributed by atoms with Gasteiger partial charge in [-0.3, -0.25) is 16.3 Å². The van der Waals surface area contributed by atoms with E-state index in [-0.39, 0.29) is 0 Å². The molecule has 0 amide bonds. The third kappa shape index (κ3) is 4.39. The summed E-state index contributed by atoms with van der Waals surface area (Å²) in [6.45, 7) is 0. The van der Waals surface area contributed by atoms with Gasteiger partial charge in [-0.2, -0.15) is 0 Å². The lowest BCUT2D eigenvalue weighted by Crippen LogP contribution is -2.37. The molecule has 0 bridgehead atoms. The van der Waals surface area contributed by atoms with Crippen LogP contribution in [0.1, 0.15) is 50.5 Å². The molecule has 1 heterocycles. The van der Waals surface area contributed by atoms with Crippen LogP contribution in [-0.2, 0) is 6.42 Å². The molecule has 1 unspecified atom stereocenters. The van der Waals surface area contributed by atoms with Gasteiger partial charge in [0, 0.05) is 18.4 Å². The highest BCUT2D eigenvalue weighted by atomic mass is 15.2. The zero-order valence-electron chi connectivity index (χ0n) is 11.1. The van der Waals surface area contributed by atoms with Crippen LogP contribution in [-0.4, -0.2) is 11.0 Å². The summed E-state index contributed by atoms with van der Waals surface area (Å²) in [4.78, 5) is 4.15. The predicted octanol–water partition coefficient (Wildman–Crippen LogP) is 2.82. The number of nitrogens with two attached hydrogens (primary N) is 1. The van der Waals surface area contributed by atoms with Crippen LogP contribution in [0, 0.1) is 5.92 Å². The summed E-state index contributed by atoms with van der Waals surface area (Å²) in [7, 11) is 0. The van der Waals surface area contributed by atoms with Crippen LogP contribution in [0.3, 0.4) is 0 Å². The van der Waals surface area contributed by atoms with Gasteiger partial charge in [-0.1, -0.05) is 38.2 Å². The predicted molar refractivity (Wildman–Crippen MR) is 74.9 cm³/mol. The van der Waals surface area contributed by atoms with Crippen LogP contribution in [0.5, 0.6) is 0 Å². The van der Waals surface area contributed by atoms with Crippen molar-refractivity contribution in [2.45, 2.75) is 57.4 Å². The smallest absolute Gasteiger partial charge is 0.0300 e. The van der Waals surface area contributed by atoms with E-state index < -0.39 is 0 Å². The zero-order valence-corrected chi connectivity index (χ0v) is 11.1. The fourth-order valence-electron chi connectivity index (χ4n) is 2.96. The second-order valence-corrected chi connectivity index (χ2v) is 5.51. The van der Waals surface area contributed by atoms with Crippen LogP contribution < -0.4 is 11.3 Å². The maximum Gasteiger partial charge on any atom is 0.0300 e. The van der Waals surface area contributed by atoms with E-state index in [1.54, 1.807) is 0 Å². The monoisotopic (exact) mass is 247 g/mol. The second kappa shape index (κ2) is 7.49. The van der Waals surface area contributed by atoms with Crippen LogP contribution in [0.25, 0.3) is 0 Å². The van der Waals surface area contributed by atoms with Crippen molar-refractivity contribution in [1.29, 1.82) is 0 Å². The summed E-state index contributed by atoms with van der Waals surface area (Å²) in [5.41, 5.74) is 4.23. The van der Waals surface area contributed by atoms with Crippen molar-refractivity contribution in [2.75, 3.05) is 0 Å². The van der Waals surface area contributed by atoms with Crippen molar-refractivity contribution < 1.29 is 0 Å². The third-order valence-electron chi connectivity index (χ3n) is 4.09. The quantitative estimate of drug-likeness (QED) is 0.600. The first-order chi connectivity index (χ1) is 8.88. The Hall–Kier alpha value is -0.930. The second-order valence-electron chi connectivity index (χ2n) is 5.51. The molecule has 18 heavy (non-hydrogen) atoms. The largest absolute Gasteiger partial charge is 0.271 e. The van der Waals surface area contributed by atoms with Crippen molar-refractivity contribution in [2.24, 2.45) is 11.8 Å². The van der Waals surface area contributed by atoms with Crippen molar-refractivity contribution in [3.63, 3.8) is 0 Å². The minimum atomic E-state index is 0.385. The van der Waals surface area contributed by atoms with Gasteiger partial charge in [0.2, 0.25) is 0 Å².